The number of aliphatic hydroxyl groups excluding tert-OH is 1. The Hall–Kier alpha value is -1.91. The molecule has 0 aliphatic rings. The zero-order valence-corrected chi connectivity index (χ0v) is 13.3. The van der Waals surface area contributed by atoms with Crippen LogP contribution in [0.25, 0.3) is 11.1 Å². The van der Waals surface area contributed by atoms with Gasteiger partial charge >= 0.3 is 0 Å². The number of rotatable bonds is 6. The number of aliphatic hydroxyl groups is 2. The average molecular weight is 301 g/mol. The largest absolute Gasteiger partial charge is 0.478 e. The Morgan fingerprint density at radius 2 is 1.95 bits per heavy atom. The van der Waals surface area contributed by atoms with Crippen LogP contribution in [-0.4, -0.2) is 27.4 Å². The molecule has 0 bridgehead atoms. The van der Waals surface area contributed by atoms with E-state index in [1.165, 1.54) is 0 Å². The number of pyridine rings is 1. The second-order valence-corrected chi connectivity index (χ2v) is 6.05. The maximum Gasteiger partial charge on any atom is 0.213 e. The van der Waals surface area contributed by atoms with Gasteiger partial charge in [0, 0.05) is 23.7 Å². The zero-order valence-electron chi connectivity index (χ0n) is 13.3. The third-order valence-corrected chi connectivity index (χ3v) is 3.44. The van der Waals surface area contributed by atoms with Crippen molar-refractivity contribution in [3.63, 3.8) is 0 Å². The van der Waals surface area contributed by atoms with E-state index in [0.29, 0.717) is 18.9 Å². The molecule has 0 amide bonds. The number of nitrogens with zero attached hydrogens (tertiary/aromatic N) is 1. The van der Waals surface area contributed by atoms with Gasteiger partial charge in [-0.2, -0.15) is 0 Å². The van der Waals surface area contributed by atoms with Gasteiger partial charge in [-0.3, -0.25) is 0 Å². The number of ether oxygens (including phenoxy) is 1. The van der Waals surface area contributed by atoms with Gasteiger partial charge in [0.2, 0.25) is 5.88 Å². The summed E-state index contributed by atoms with van der Waals surface area (Å²) in [7, 11) is 0. The molecule has 2 N–H and O–H groups in total. The molecule has 0 spiro atoms. The molecule has 0 atom stereocenters. The molecule has 0 saturated carbocycles. The highest BCUT2D eigenvalue weighted by atomic mass is 16.5. The number of benzene rings is 1. The molecule has 0 aliphatic heterocycles. The molecule has 0 unspecified atom stereocenters. The lowest BCUT2D eigenvalue weighted by Crippen LogP contribution is -2.22. The third-order valence-electron chi connectivity index (χ3n) is 3.44. The van der Waals surface area contributed by atoms with Crippen molar-refractivity contribution in [2.75, 3.05) is 6.61 Å². The van der Waals surface area contributed by atoms with Gasteiger partial charge in [-0.15, -0.1) is 0 Å². The lowest BCUT2D eigenvalue weighted by molar-refractivity contribution is 0.0547. The monoisotopic (exact) mass is 301 g/mol. The Labute approximate surface area is 131 Å². The maximum absolute atomic E-state index is 9.67. The van der Waals surface area contributed by atoms with Gasteiger partial charge in [0.1, 0.15) is 0 Å². The summed E-state index contributed by atoms with van der Waals surface area (Å²) in [5.74, 6) is 0.559. The molecule has 118 valence electrons. The van der Waals surface area contributed by atoms with Crippen LogP contribution in [0.2, 0.25) is 0 Å². The first kappa shape index (κ1) is 16.5. The molecule has 1 aromatic heterocycles. The topological polar surface area (TPSA) is 62.6 Å². The van der Waals surface area contributed by atoms with Crippen LogP contribution in [0.15, 0.2) is 36.4 Å². The van der Waals surface area contributed by atoms with E-state index in [1.54, 1.807) is 13.8 Å². The van der Waals surface area contributed by atoms with Crippen molar-refractivity contribution in [1.29, 1.82) is 0 Å². The van der Waals surface area contributed by atoms with E-state index in [1.807, 2.05) is 43.3 Å². The van der Waals surface area contributed by atoms with Crippen molar-refractivity contribution in [2.45, 2.75) is 39.4 Å². The van der Waals surface area contributed by atoms with Crippen molar-refractivity contribution in [3.05, 3.63) is 47.7 Å². The summed E-state index contributed by atoms with van der Waals surface area (Å²) in [6.45, 7) is 5.90. The van der Waals surface area contributed by atoms with Gasteiger partial charge in [0.05, 0.1) is 18.8 Å². The number of aromatic nitrogens is 1. The van der Waals surface area contributed by atoms with Gasteiger partial charge < -0.3 is 14.9 Å². The Balaban J connectivity index is 2.12. The molecule has 1 heterocycles. The van der Waals surface area contributed by atoms with E-state index in [9.17, 15) is 10.2 Å². The fraction of sp³-hybridized carbons (Fsp3) is 0.389. The summed E-state index contributed by atoms with van der Waals surface area (Å²) in [4.78, 5) is 4.46. The summed E-state index contributed by atoms with van der Waals surface area (Å²) in [6, 6.07) is 11.6. The van der Waals surface area contributed by atoms with Crippen molar-refractivity contribution in [2.24, 2.45) is 0 Å². The predicted molar refractivity (Wildman–Crippen MR) is 86.7 cm³/mol. The summed E-state index contributed by atoms with van der Waals surface area (Å²) < 4.78 is 5.59. The summed E-state index contributed by atoms with van der Waals surface area (Å²) in [5.41, 5.74) is 3.06. The van der Waals surface area contributed by atoms with Gasteiger partial charge in [-0.25, -0.2) is 4.98 Å². The smallest absolute Gasteiger partial charge is 0.213 e. The SMILES string of the molecule is Cc1nc(OCCC(C)(C)O)ccc1-c1cccc(CO)c1. The Kier molecular flexibility index (Phi) is 5.16. The van der Waals surface area contributed by atoms with Crippen LogP contribution >= 0.6 is 0 Å². The number of aryl methyl sites for hydroxylation is 1. The summed E-state index contributed by atoms with van der Waals surface area (Å²) in [6.07, 6.45) is 0.550. The van der Waals surface area contributed by atoms with E-state index in [4.69, 9.17) is 4.74 Å². The molecule has 0 radical (unpaired) electrons. The lowest BCUT2D eigenvalue weighted by Gasteiger charge is -2.17. The summed E-state index contributed by atoms with van der Waals surface area (Å²) >= 11 is 0. The van der Waals surface area contributed by atoms with Gasteiger partial charge in [-0.1, -0.05) is 18.2 Å². The highest BCUT2D eigenvalue weighted by Gasteiger charge is 2.12. The molecule has 0 saturated heterocycles. The van der Waals surface area contributed by atoms with Crippen LogP contribution < -0.4 is 4.74 Å². The molecule has 2 rings (SSSR count). The minimum Gasteiger partial charge on any atom is -0.478 e. The van der Waals surface area contributed by atoms with E-state index in [2.05, 4.69) is 4.98 Å². The van der Waals surface area contributed by atoms with Gasteiger partial charge in [-0.05, 0) is 44.0 Å². The molecule has 22 heavy (non-hydrogen) atoms. The standard InChI is InChI=1S/C18H23NO3/c1-13-16(15-6-4-5-14(11-15)12-20)7-8-17(19-13)22-10-9-18(2,3)21/h4-8,11,20-21H,9-10,12H2,1-3H3. The fourth-order valence-corrected chi connectivity index (χ4v) is 2.17. The minimum absolute atomic E-state index is 0.0262. The van der Waals surface area contributed by atoms with E-state index in [0.717, 1.165) is 22.4 Å². The highest BCUT2D eigenvalue weighted by Crippen LogP contribution is 2.25. The fourth-order valence-electron chi connectivity index (χ4n) is 2.17. The molecule has 0 fully saturated rings. The van der Waals surface area contributed by atoms with E-state index >= 15 is 0 Å². The first-order valence-electron chi connectivity index (χ1n) is 7.42. The predicted octanol–water partition coefficient (Wildman–Crippen LogP) is 3.09. The second kappa shape index (κ2) is 6.90. The Bertz CT molecular complexity index is 632. The van der Waals surface area contributed by atoms with Crippen LogP contribution in [0, 0.1) is 6.92 Å². The molecular formula is C18H23NO3. The molecule has 0 aliphatic carbocycles. The number of hydrogen-bond acceptors (Lipinski definition) is 4. The van der Waals surface area contributed by atoms with Gasteiger partial charge in [0.25, 0.3) is 0 Å². The van der Waals surface area contributed by atoms with E-state index < -0.39 is 5.60 Å². The van der Waals surface area contributed by atoms with Gasteiger partial charge in [0.15, 0.2) is 0 Å². The molecule has 4 heteroatoms. The molecule has 2 aromatic rings. The van der Waals surface area contributed by atoms with Crippen LogP contribution in [-0.2, 0) is 6.61 Å². The molecule has 4 nitrogen and oxygen atoms in total. The summed E-state index contributed by atoms with van der Waals surface area (Å²) in [5, 5.41) is 18.9. The molecule has 1 aromatic carbocycles. The van der Waals surface area contributed by atoms with Crippen molar-refractivity contribution < 1.29 is 14.9 Å². The first-order chi connectivity index (χ1) is 10.4. The zero-order chi connectivity index (χ0) is 16.2. The third kappa shape index (κ3) is 4.55. The van der Waals surface area contributed by atoms with Crippen LogP contribution in [0.3, 0.4) is 0 Å². The van der Waals surface area contributed by atoms with Crippen LogP contribution in [0.1, 0.15) is 31.5 Å². The van der Waals surface area contributed by atoms with Crippen molar-refractivity contribution in [1.82, 2.24) is 4.98 Å². The normalized spacial score (nSPS) is 11.5. The highest BCUT2D eigenvalue weighted by molar-refractivity contribution is 5.66. The van der Waals surface area contributed by atoms with Crippen LogP contribution in [0.4, 0.5) is 0 Å². The van der Waals surface area contributed by atoms with Crippen molar-refractivity contribution >= 4 is 0 Å². The maximum atomic E-state index is 9.67. The Morgan fingerprint density at radius 3 is 2.59 bits per heavy atom. The minimum atomic E-state index is -0.736. The Morgan fingerprint density at radius 1 is 1.18 bits per heavy atom. The lowest BCUT2D eigenvalue weighted by atomic mass is 10.0. The molecular weight excluding hydrogens is 278 g/mol. The quantitative estimate of drug-likeness (QED) is 0.860. The second-order valence-electron chi connectivity index (χ2n) is 6.05. The van der Waals surface area contributed by atoms with E-state index in [-0.39, 0.29) is 6.61 Å². The number of hydrogen-bond donors (Lipinski definition) is 2. The first-order valence-corrected chi connectivity index (χ1v) is 7.42. The van der Waals surface area contributed by atoms with Crippen molar-refractivity contribution in [3.8, 4) is 17.0 Å². The van der Waals surface area contributed by atoms with Crippen LogP contribution in [0.5, 0.6) is 5.88 Å². The average Bonchev–Trinajstić information content (AvgIpc) is 2.46.